The first-order valence-electron chi connectivity index (χ1n) is 6.97. The van der Waals surface area contributed by atoms with Crippen LogP contribution in [0.1, 0.15) is 35.7 Å². The molecule has 1 aromatic carbocycles. The van der Waals surface area contributed by atoms with Gasteiger partial charge >= 0.3 is 5.97 Å². The Morgan fingerprint density at radius 1 is 1.33 bits per heavy atom. The van der Waals surface area contributed by atoms with Gasteiger partial charge in [-0.3, -0.25) is 4.90 Å². The number of carboxylic acids is 1. The average molecular weight is 335 g/mol. The van der Waals surface area contributed by atoms with E-state index in [1.807, 2.05) is 12.1 Å². The van der Waals surface area contributed by atoms with Crippen molar-refractivity contribution in [3.63, 3.8) is 0 Å². The zero-order valence-electron chi connectivity index (χ0n) is 12.2. The molecular formula is C15H24Cl2N2O2. The Morgan fingerprint density at radius 3 is 2.57 bits per heavy atom. The molecule has 0 aliphatic carbocycles. The molecule has 120 valence electrons. The minimum Gasteiger partial charge on any atom is -0.478 e. The number of benzene rings is 1. The van der Waals surface area contributed by atoms with Crippen LogP contribution in [0.15, 0.2) is 24.3 Å². The van der Waals surface area contributed by atoms with Gasteiger partial charge in [0.05, 0.1) is 5.56 Å². The first-order chi connectivity index (χ1) is 9.20. The number of hydrogen-bond acceptors (Lipinski definition) is 3. The topological polar surface area (TPSA) is 52.6 Å². The zero-order valence-corrected chi connectivity index (χ0v) is 13.9. The Bertz CT molecular complexity index is 426. The summed E-state index contributed by atoms with van der Waals surface area (Å²) < 4.78 is 0. The SMILES string of the molecule is CCN1CCCC1CNCc1ccc(C(=O)O)cc1.Cl.Cl. The number of carbonyl (C=O) groups is 1. The third-order valence-electron chi connectivity index (χ3n) is 3.82. The van der Waals surface area contributed by atoms with Crippen LogP contribution in [0.4, 0.5) is 0 Å². The summed E-state index contributed by atoms with van der Waals surface area (Å²) in [7, 11) is 0. The van der Waals surface area contributed by atoms with Crippen LogP contribution in [0, 0.1) is 0 Å². The van der Waals surface area contributed by atoms with Crippen molar-refractivity contribution in [2.45, 2.75) is 32.4 Å². The predicted octanol–water partition coefficient (Wildman–Crippen LogP) is 2.80. The Morgan fingerprint density at radius 2 is 2.00 bits per heavy atom. The lowest BCUT2D eigenvalue weighted by Crippen LogP contribution is -2.37. The molecule has 1 saturated heterocycles. The van der Waals surface area contributed by atoms with Gasteiger partial charge in [-0.15, -0.1) is 24.8 Å². The van der Waals surface area contributed by atoms with E-state index < -0.39 is 5.97 Å². The number of nitrogens with one attached hydrogen (secondary N) is 1. The molecule has 21 heavy (non-hydrogen) atoms. The summed E-state index contributed by atoms with van der Waals surface area (Å²) >= 11 is 0. The highest BCUT2D eigenvalue weighted by Crippen LogP contribution is 2.15. The van der Waals surface area contributed by atoms with Gasteiger partial charge in [-0.1, -0.05) is 19.1 Å². The van der Waals surface area contributed by atoms with Crippen molar-refractivity contribution in [1.29, 1.82) is 0 Å². The van der Waals surface area contributed by atoms with Gasteiger partial charge in [0.15, 0.2) is 0 Å². The highest BCUT2D eigenvalue weighted by atomic mass is 35.5. The number of aromatic carboxylic acids is 1. The van der Waals surface area contributed by atoms with E-state index in [-0.39, 0.29) is 24.8 Å². The van der Waals surface area contributed by atoms with Crippen molar-refractivity contribution < 1.29 is 9.90 Å². The van der Waals surface area contributed by atoms with Crippen molar-refractivity contribution in [2.24, 2.45) is 0 Å². The number of hydrogen-bond donors (Lipinski definition) is 2. The summed E-state index contributed by atoms with van der Waals surface area (Å²) in [5.41, 5.74) is 1.47. The van der Waals surface area contributed by atoms with Gasteiger partial charge in [-0.2, -0.15) is 0 Å². The fraction of sp³-hybridized carbons (Fsp3) is 0.533. The minimum absolute atomic E-state index is 0. The maximum absolute atomic E-state index is 10.7. The van der Waals surface area contributed by atoms with Crippen LogP contribution >= 0.6 is 24.8 Å². The molecule has 6 heteroatoms. The van der Waals surface area contributed by atoms with Crippen LogP contribution in [0.3, 0.4) is 0 Å². The van der Waals surface area contributed by atoms with E-state index in [1.54, 1.807) is 12.1 Å². The number of likely N-dealkylation sites (tertiary alicyclic amines) is 1. The average Bonchev–Trinajstić information content (AvgIpc) is 2.87. The highest BCUT2D eigenvalue weighted by molar-refractivity contribution is 5.87. The Hall–Kier alpha value is -0.810. The van der Waals surface area contributed by atoms with Crippen molar-refractivity contribution in [2.75, 3.05) is 19.6 Å². The second kappa shape index (κ2) is 10.0. The standard InChI is InChI=1S/C15H22N2O2.2ClH/c1-2-17-9-3-4-14(17)11-16-10-12-5-7-13(8-6-12)15(18)19;;/h5-8,14,16H,2-4,9-11H2,1H3,(H,18,19);2*1H. The van der Waals surface area contributed by atoms with Gasteiger partial charge in [-0.05, 0) is 43.6 Å². The van der Waals surface area contributed by atoms with Crippen molar-refractivity contribution in [3.8, 4) is 0 Å². The quantitative estimate of drug-likeness (QED) is 0.839. The summed E-state index contributed by atoms with van der Waals surface area (Å²) in [5, 5.41) is 12.3. The molecule has 0 aromatic heterocycles. The predicted molar refractivity (Wildman–Crippen MR) is 89.9 cm³/mol. The maximum Gasteiger partial charge on any atom is 0.335 e. The monoisotopic (exact) mass is 334 g/mol. The normalized spacial score (nSPS) is 17.9. The van der Waals surface area contributed by atoms with Crippen molar-refractivity contribution >= 4 is 30.8 Å². The van der Waals surface area contributed by atoms with E-state index in [1.165, 1.54) is 19.4 Å². The lowest BCUT2D eigenvalue weighted by molar-refractivity contribution is 0.0697. The van der Waals surface area contributed by atoms with Crippen LogP contribution in [0.5, 0.6) is 0 Å². The molecule has 0 spiro atoms. The van der Waals surface area contributed by atoms with E-state index >= 15 is 0 Å². The number of carboxylic acid groups (broad SMARTS) is 1. The lowest BCUT2D eigenvalue weighted by atomic mass is 10.1. The Kier molecular flexibility index (Phi) is 9.62. The van der Waals surface area contributed by atoms with E-state index in [0.717, 1.165) is 25.2 Å². The summed E-state index contributed by atoms with van der Waals surface area (Å²) in [6, 6.07) is 7.73. The molecular weight excluding hydrogens is 311 g/mol. The van der Waals surface area contributed by atoms with Gasteiger partial charge in [0, 0.05) is 19.1 Å². The fourth-order valence-electron chi connectivity index (χ4n) is 2.69. The van der Waals surface area contributed by atoms with E-state index in [9.17, 15) is 4.79 Å². The number of likely N-dealkylation sites (N-methyl/N-ethyl adjacent to an activating group) is 1. The van der Waals surface area contributed by atoms with Crippen LogP contribution < -0.4 is 5.32 Å². The van der Waals surface area contributed by atoms with E-state index in [2.05, 4.69) is 17.1 Å². The molecule has 1 atom stereocenters. The van der Waals surface area contributed by atoms with Gasteiger partial charge in [0.25, 0.3) is 0 Å². The van der Waals surface area contributed by atoms with Gasteiger partial charge in [0.2, 0.25) is 0 Å². The Balaban J connectivity index is 0.00000200. The first-order valence-corrected chi connectivity index (χ1v) is 6.97. The molecule has 0 amide bonds. The third-order valence-corrected chi connectivity index (χ3v) is 3.82. The molecule has 1 aliphatic heterocycles. The van der Waals surface area contributed by atoms with Crippen molar-refractivity contribution in [3.05, 3.63) is 35.4 Å². The number of halogens is 2. The molecule has 1 aromatic rings. The smallest absolute Gasteiger partial charge is 0.335 e. The maximum atomic E-state index is 10.7. The molecule has 1 unspecified atom stereocenters. The van der Waals surface area contributed by atoms with Gasteiger partial charge in [0.1, 0.15) is 0 Å². The second-order valence-corrected chi connectivity index (χ2v) is 5.06. The zero-order chi connectivity index (χ0) is 13.7. The summed E-state index contributed by atoms with van der Waals surface area (Å²) in [6.45, 7) is 6.36. The molecule has 2 rings (SSSR count). The molecule has 0 radical (unpaired) electrons. The van der Waals surface area contributed by atoms with Crippen LogP contribution in [-0.2, 0) is 6.54 Å². The first kappa shape index (κ1) is 20.2. The summed E-state index contributed by atoms with van der Waals surface area (Å²) in [5.74, 6) is -0.871. The van der Waals surface area contributed by atoms with Gasteiger partial charge < -0.3 is 10.4 Å². The molecule has 1 aliphatic rings. The molecule has 1 fully saturated rings. The van der Waals surface area contributed by atoms with Gasteiger partial charge in [-0.25, -0.2) is 4.79 Å². The number of rotatable bonds is 6. The van der Waals surface area contributed by atoms with Crippen molar-refractivity contribution in [1.82, 2.24) is 10.2 Å². The minimum atomic E-state index is -0.871. The molecule has 4 nitrogen and oxygen atoms in total. The summed E-state index contributed by atoms with van der Waals surface area (Å²) in [4.78, 5) is 13.3. The third kappa shape index (κ3) is 5.83. The molecule has 0 bridgehead atoms. The lowest BCUT2D eigenvalue weighted by Gasteiger charge is -2.23. The largest absolute Gasteiger partial charge is 0.478 e. The Labute approximate surface area is 138 Å². The second-order valence-electron chi connectivity index (χ2n) is 5.06. The highest BCUT2D eigenvalue weighted by Gasteiger charge is 2.21. The van der Waals surface area contributed by atoms with Crippen LogP contribution in [0.2, 0.25) is 0 Å². The number of nitrogens with zero attached hydrogens (tertiary/aromatic N) is 1. The van der Waals surface area contributed by atoms with Crippen LogP contribution in [0.25, 0.3) is 0 Å². The molecule has 0 saturated carbocycles. The van der Waals surface area contributed by atoms with E-state index in [0.29, 0.717) is 11.6 Å². The molecule has 1 heterocycles. The van der Waals surface area contributed by atoms with Crippen LogP contribution in [-0.4, -0.2) is 41.7 Å². The molecule has 2 N–H and O–H groups in total. The fourth-order valence-corrected chi connectivity index (χ4v) is 2.69. The van der Waals surface area contributed by atoms with E-state index in [4.69, 9.17) is 5.11 Å². The summed E-state index contributed by atoms with van der Waals surface area (Å²) in [6.07, 6.45) is 2.58.